The minimum absolute atomic E-state index is 0.0437. The third-order valence-electron chi connectivity index (χ3n) is 2.49. The number of nitrogens with two attached hydrogens (primary N) is 1. The summed E-state index contributed by atoms with van der Waals surface area (Å²) in [5, 5.41) is 12.6. The van der Waals surface area contributed by atoms with Gasteiger partial charge in [-0.2, -0.15) is 0 Å². The van der Waals surface area contributed by atoms with E-state index < -0.39 is 0 Å². The summed E-state index contributed by atoms with van der Waals surface area (Å²) in [4.78, 5) is 0. The molecule has 0 fully saturated rings. The van der Waals surface area contributed by atoms with E-state index in [1.165, 1.54) is 0 Å². The fraction of sp³-hybridized carbons (Fsp3) is 0. The molecule has 0 spiro atoms. The van der Waals surface area contributed by atoms with Gasteiger partial charge in [0, 0.05) is 10.2 Å². The van der Waals surface area contributed by atoms with Gasteiger partial charge in [-0.3, -0.25) is 0 Å². The van der Waals surface area contributed by atoms with Crippen LogP contribution in [0.15, 0.2) is 45.3 Å². The Balaban J connectivity index is 1.96. The van der Waals surface area contributed by atoms with Crippen LogP contribution in [0.1, 0.15) is 0 Å². The number of rotatable bonds is 2. The minimum atomic E-state index is 0.0437. The normalized spacial score (nSPS) is 10.7. The lowest BCUT2D eigenvalue weighted by Crippen LogP contribution is -1.90. The molecule has 0 radical (unpaired) electrons. The average molecular weight is 305 g/mol. The van der Waals surface area contributed by atoms with Gasteiger partial charge in [-0.15, -0.1) is 0 Å². The average Bonchev–Trinajstić information content (AvgIpc) is 2.75. The molecular weight excluding hydrogens is 296 g/mol. The second-order valence-electron chi connectivity index (χ2n) is 3.78. The Kier molecular flexibility index (Phi) is 2.64. The van der Waals surface area contributed by atoms with Gasteiger partial charge < -0.3 is 15.5 Å². The number of fused-ring (bicyclic) bond motifs is 1. The minimum Gasteiger partial charge on any atom is -0.389 e. The highest BCUT2D eigenvalue weighted by Crippen LogP contribution is 2.24. The predicted octanol–water partition coefficient (Wildman–Crippen LogP) is 3.31. The van der Waals surface area contributed by atoms with E-state index >= 15 is 0 Å². The number of halogens is 1. The van der Waals surface area contributed by atoms with Crippen LogP contribution < -0.4 is 11.1 Å². The highest BCUT2D eigenvalue weighted by Gasteiger charge is 2.03. The fourth-order valence-corrected chi connectivity index (χ4v) is 2.08. The molecule has 0 saturated heterocycles. The molecule has 0 unspecified atom stereocenters. The van der Waals surface area contributed by atoms with E-state index in [0.717, 1.165) is 20.9 Å². The number of aromatic nitrogens is 2. The van der Waals surface area contributed by atoms with Crippen LogP contribution in [-0.2, 0) is 0 Å². The molecule has 3 N–H and O–H groups in total. The highest BCUT2D eigenvalue weighted by atomic mass is 79.9. The Morgan fingerprint density at radius 3 is 2.61 bits per heavy atom. The van der Waals surface area contributed by atoms with Gasteiger partial charge in [0.25, 0.3) is 0 Å². The van der Waals surface area contributed by atoms with Crippen LogP contribution in [0.25, 0.3) is 10.8 Å². The van der Waals surface area contributed by atoms with Gasteiger partial charge >= 0.3 is 12.0 Å². The fourth-order valence-electron chi connectivity index (χ4n) is 1.70. The Labute approximate surface area is 111 Å². The Hall–Kier alpha value is -2.08. The molecule has 1 aromatic heterocycles. The molecule has 0 aliphatic rings. The zero-order valence-corrected chi connectivity index (χ0v) is 10.8. The number of benzene rings is 2. The number of anilines is 3. The van der Waals surface area contributed by atoms with E-state index in [9.17, 15) is 0 Å². The van der Waals surface area contributed by atoms with Gasteiger partial charge in [0.1, 0.15) is 0 Å². The number of nitrogens with one attached hydrogen (secondary N) is 1. The molecule has 18 heavy (non-hydrogen) atoms. The molecule has 0 saturated carbocycles. The molecule has 0 aliphatic carbocycles. The van der Waals surface area contributed by atoms with E-state index in [1.807, 2.05) is 30.3 Å². The van der Waals surface area contributed by atoms with Crippen molar-refractivity contribution in [1.82, 2.24) is 10.2 Å². The smallest absolute Gasteiger partial charge is 0.321 e. The van der Waals surface area contributed by atoms with Gasteiger partial charge in [-0.1, -0.05) is 38.3 Å². The Bertz CT molecular complexity index is 710. The maximum atomic E-state index is 5.35. The molecule has 3 rings (SSSR count). The first-order valence-electron chi connectivity index (χ1n) is 5.26. The lowest BCUT2D eigenvalue weighted by molar-refractivity contribution is 0.593. The molecule has 0 amide bonds. The molecule has 90 valence electrons. The van der Waals surface area contributed by atoms with Gasteiger partial charge in [0.2, 0.25) is 0 Å². The van der Waals surface area contributed by atoms with Crippen molar-refractivity contribution in [2.75, 3.05) is 11.1 Å². The standard InChI is InChI=1S/C12H9BrN4O/c13-9-3-1-8-6-10(4-2-7(8)5-9)15-12-17-16-11(14)18-12/h1-6H,(H2,14,16)(H,15,17). The van der Waals surface area contributed by atoms with Crippen molar-refractivity contribution in [3.05, 3.63) is 40.9 Å². The molecular formula is C12H9BrN4O. The van der Waals surface area contributed by atoms with Crippen LogP contribution in [0.3, 0.4) is 0 Å². The monoisotopic (exact) mass is 304 g/mol. The number of nitrogens with zero attached hydrogens (tertiary/aromatic N) is 2. The van der Waals surface area contributed by atoms with Gasteiger partial charge in [-0.05, 0) is 35.0 Å². The zero-order chi connectivity index (χ0) is 12.5. The predicted molar refractivity (Wildman–Crippen MR) is 73.6 cm³/mol. The van der Waals surface area contributed by atoms with Crippen molar-refractivity contribution in [3.63, 3.8) is 0 Å². The molecule has 6 heteroatoms. The van der Waals surface area contributed by atoms with Crippen molar-refractivity contribution in [2.45, 2.75) is 0 Å². The van der Waals surface area contributed by atoms with Crippen LogP contribution >= 0.6 is 15.9 Å². The number of hydrogen-bond donors (Lipinski definition) is 2. The van der Waals surface area contributed by atoms with Gasteiger partial charge in [0.05, 0.1) is 0 Å². The van der Waals surface area contributed by atoms with E-state index in [-0.39, 0.29) is 12.0 Å². The largest absolute Gasteiger partial charge is 0.389 e. The van der Waals surface area contributed by atoms with E-state index in [1.54, 1.807) is 0 Å². The van der Waals surface area contributed by atoms with Crippen LogP contribution in [0.5, 0.6) is 0 Å². The van der Waals surface area contributed by atoms with E-state index in [0.29, 0.717) is 0 Å². The van der Waals surface area contributed by atoms with Crippen molar-refractivity contribution in [2.24, 2.45) is 0 Å². The third-order valence-corrected chi connectivity index (χ3v) is 2.99. The Morgan fingerprint density at radius 2 is 1.83 bits per heavy atom. The SMILES string of the molecule is Nc1nnc(Nc2ccc3cc(Br)ccc3c2)o1. The summed E-state index contributed by atoms with van der Waals surface area (Å²) in [6, 6.07) is 12.4. The van der Waals surface area contributed by atoms with Gasteiger partial charge in [0.15, 0.2) is 0 Å². The van der Waals surface area contributed by atoms with Crippen molar-refractivity contribution in [3.8, 4) is 0 Å². The first kappa shape index (κ1) is 11.0. The lowest BCUT2D eigenvalue weighted by Gasteiger charge is -2.04. The maximum absolute atomic E-state index is 5.35. The third kappa shape index (κ3) is 2.14. The van der Waals surface area contributed by atoms with Crippen molar-refractivity contribution >= 4 is 44.4 Å². The molecule has 1 heterocycles. The second-order valence-corrected chi connectivity index (χ2v) is 4.69. The molecule has 5 nitrogen and oxygen atoms in total. The highest BCUT2D eigenvalue weighted by molar-refractivity contribution is 9.10. The molecule has 3 aromatic rings. The van der Waals surface area contributed by atoms with Gasteiger partial charge in [-0.25, -0.2) is 0 Å². The summed E-state index contributed by atoms with van der Waals surface area (Å²) in [6.45, 7) is 0. The quantitative estimate of drug-likeness (QED) is 0.759. The van der Waals surface area contributed by atoms with Crippen LogP contribution in [0.2, 0.25) is 0 Å². The zero-order valence-electron chi connectivity index (χ0n) is 9.22. The van der Waals surface area contributed by atoms with E-state index in [4.69, 9.17) is 10.2 Å². The topological polar surface area (TPSA) is 77.0 Å². The van der Waals surface area contributed by atoms with Crippen molar-refractivity contribution in [1.29, 1.82) is 0 Å². The first-order valence-corrected chi connectivity index (χ1v) is 6.05. The molecule has 0 bridgehead atoms. The lowest BCUT2D eigenvalue weighted by atomic mass is 10.1. The van der Waals surface area contributed by atoms with Crippen molar-refractivity contribution < 1.29 is 4.42 Å². The maximum Gasteiger partial charge on any atom is 0.321 e. The molecule has 2 aromatic carbocycles. The number of nitrogen functional groups attached to an aromatic ring is 1. The summed E-state index contributed by atoms with van der Waals surface area (Å²) in [6.07, 6.45) is 0. The summed E-state index contributed by atoms with van der Waals surface area (Å²) in [7, 11) is 0. The summed E-state index contributed by atoms with van der Waals surface area (Å²) >= 11 is 3.44. The second kappa shape index (κ2) is 4.30. The molecule has 0 atom stereocenters. The van der Waals surface area contributed by atoms with Crippen LogP contribution in [0.4, 0.5) is 17.7 Å². The summed E-state index contributed by atoms with van der Waals surface area (Å²) < 4.78 is 6.11. The van der Waals surface area contributed by atoms with E-state index in [2.05, 4.69) is 37.5 Å². The van der Waals surface area contributed by atoms with Crippen LogP contribution in [-0.4, -0.2) is 10.2 Å². The summed E-state index contributed by atoms with van der Waals surface area (Å²) in [5.74, 6) is 0. The Morgan fingerprint density at radius 1 is 1.06 bits per heavy atom. The first-order chi connectivity index (χ1) is 8.70. The summed E-state index contributed by atoms with van der Waals surface area (Å²) in [5.41, 5.74) is 6.22. The number of hydrogen-bond acceptors (Lipinski definition) is 5. The van der Waals surface area contributed by atoms with Crippen LogP contribution in [0, 0.1) is 0 Å². The molecule has 0 aliphatic heterocycles.